The molecule has 1 aliphatic rings. The molecule has 0 aliphatic carbocycles. The van der Waals surface area contributed by atoms with Crippen LogP contribution in [0.3, 0.4) is 0 Å². The van der Waals surface area contributed by atoms with E-state index in [9.17, 15) is 13.2 Å². The third kappa shape index (κ3) is 2.69. The molecule has 20 heavy (non-hydrogen) atoms. The summed E-state index contributed by atoms with van der Waals surface area (Å²) >= 11 is 0. The molecule has 0 aromatic carbocycles. The summed E-state index contributed by atoms with van der Waals surface area (Å²) in [6.07, 6.45) is -1.97. The van der Waals surface area contributed by atoms with Gasteiger partial charge in [0.15, 0.2) is 0 Å². The maximum atomic E-state index is 14.2. The predicted molar refractivity (Wildman–Crippen MR) is 69.6 cm³/mol. The highest BCUT2D eigenvalue weighted by Crippen LogP contribution is 2.36. The van der Waals surface area contributed by atoms with Crippen molar-refractivity contribution < 1.29 is 22.5 Å². The first-order chi connectivity index (χ1) is 9.14. The van der Waals surface area contributed by atoms with Gasteiger partial charge in [-0.1, -0.05) is 0 Å². The van der Waals surface area contributed by atoms with E-state index in [1.807, 2.05) is 27.7 Å². The van der Waals surface area contributed by atoms with Crippen LogP contribution in [0.15, 0.2) is 12.3 Å². The van der Waals surface area contributed by atoms with Crippen molar-refractivity contribution in [2.24, 2.45) is 0 Å². The van der Waals surface area contributed by atoms with Crippen LogP contribution in [0, 0.1) is 5.82 Å². The van der Waals surface area contributed by atoms with E-state index >= 15 is 0 Å². The second-order valence-electron chi connectivity index (χ2n) is 5.85. The first-order valence-corrected chi connectivity index (χ1v) is 6.41. The summed E-state index contributed by atoms with van der Waals surface area (Å²) in [7, 11) is -0.988. The van der Waals surface area contributed by atoms with Crippen LogP contribution in [0.4, 0.5) is 13.2 Å². The molecule has 0 unspecified atom stereocenters. The zero-order chi connectivity index (χ0) is 15.1. The Morgan fingerprint density at radius 1 is 1.20 bits per heavy atom. The lowest BCUT2D eigenvalue weighted by Crippen LogP contribution is -2.41. The van der Waals surface area contributed by atoms with E-state index in [1.165, 1.54) is 12.3 Å². The molecule has 0 atom stereocenters. The van der Waals surface area contributed by atoms with Crippen molar-refractivity contribution in [1.82, 2.24) is 4.98 Å². The fourth-order valence-corrected chi connectivity index (χ4v) is 1.94. The van der Waals surface area contributed by atoms with Gasteiger partial charge in [-0.2, -0.15) is 0 Å². The minimum atomic E-state index is -2.61. The van der Waals surface area contributed by atoms with Gasteiger partial charge >= 0.3 is 7.12 Å². The Morgan fingerprint density at radius 2 is 1.75 bits per heavy atom. The highest BCUT2D eigenvalue weighted by Gasteiger charge is 2.53. The zero-order valence-electron chi connectivity index (χ0n) is 11.9. The second-order valence-corrected chi connectivity index (χ2v) is 5.85. The summed E-state index contributed by atoms with van der Waals surface area (Å²) in [4.78, 5) is 3.89. The van der Waals surface area contributed by atoms with Crippen LogP contribution in [0.5, 0.6) is 0 Å². The minimum Gasteiger partial charge on any atom is -0.398 e. The molecule has 0 radical (unpaired) electrons. The van der Waals surface area contributed by atoms with Crippen molar-refractivity contribution in [2.45, 2.75) is 51.7 Å². The number of alkyl halides is 2. The van der Waals surface area contributed by atoms with Gasteiger partial charge < -0.3 is 9.31 Å². The predicted octanol–water partition coefficient (Wildman–Crippen LogP) is 2.33. The molecule has 1 saturated heterocycles. The van der Waals surface area contributed by atoms with E-state index in [0.29, 0.717) is 0 Å². The van der Waals surface area contributed by atoms with Crippen molar-refractivity contribution in [3.63, 3.8) is 0 Å². The summed E-state index contributed by atoms with van der Waals surface area (Å²) in [5, 5.41) is 0. The molecule has 0 saturated carbocycles. The Balaban J connectivity index is 2.31. The van der Waals surface area contributed by atoms with Crippen LogP contribution >= 0.6 is 0 Å². The Bertz CT molecular complexity index is 492. The monoisotopic (exact) mass is 287 g/mol. The van der Waals surface area contributed by atoms with Gasteiger partial charge in [-0.3, -0.25) is 4.98 Å². The topological polar surface area (TPSA) is 31.4 Å². The molecule has 0 amide bonds. The number of halogens is 3. The Morgan fingerprint density at radius 3 is 2.25 bits per heavy atom. The Kier molecular flexibility index (Phi) is 3.86. The van der Waals surface area contributed by atoms with Gasteiger partial charge in [0.1, 0.15) is 11.4 Å². The smallest absolute Gasteiger partial charge is 0.398 e. The number of nitrogens with zero attached hydrogens (tertiary/aromatic N) is 1. The van der Waals surface area contributed by atoms with Gasteiger partial charge in [-0.05, 0) is 39.3 Å². The van der Waals surface area contributed by atoms with E-state index in [-0.39, 0.29) is 11.2 Å². The highest BCUT2D eigenvalue weighted by molar-refractivity contribution is 6.61. The standard InChI is InChI=1S/C13H17BF3NO2/c1-12(2)13(3,4)20-14(19-12)11-10(17)8(5-6-18-11)7-9(15)16/h5-6,9H,7H2,1-4H3. The average Bonchev–Trinajstić information content (AvgIpc) is 2.50. The molecule has 0 bridgehead atoms. The normalized spacial score (nSPS) is 20.7. The van der Waals surface area contributed by atoms with Crippen molar-refractivity contribution in [3.8, 4) is 0 Å². The number of hydrogen-bond acceptors (Lipinski definition) is 3. The molecule has 1 aliphatic heterocycles. The number of pyridine rings is 1. The quantitative estimate of drug-likeness (QED) is 0.800. The van der Waals surface area contributed by atoms with Crippen LogP contribution < -0.4 is 5.59 Å². The van der Waals surface area contributed by atoms with Gasteiger partial charge in [0, 0.05) is 12.6 Å². The molecule has 3 nitrogen and oxygen atoms in total. The lowest BCUT2D eigenvalue weighted by atomic mass is 9.82. The van der Waals surface area contributed by atoms with Crippen LogP contribution in [0.1, 0.15) is 33.3 Å². The van der Waals surface area contributed by atoms with Crippen LogP contribution in [-0.2, 0) is 15.7 Å². The lowest BCUT2D eigenvalue weighted by Gasteiger charge is -2.32. The summed E-state index contributed by atoms with van der Waals surface area (Å²) in [6.45, 7) is 7.31. The van der Waals surface area contributed by atoms with Gasteiger partial charge in [0.25, 0.3) is 0 Å². The zero-order valence-corrected chi connectivity index (χ0v) is 11.9. The van der Waals surface area contributed by atoms with Gasteiger partial charge in [-0.25, -0.2) is 13.2 Å². The first kappa shape index (κ1) is 15.3. The third-order valence-electron chi connectivity index (χ3n) is 3.85. The maximum Gasteiger partial charge on any atom is 0.517 e. The number of aromatic nitrogens is 1. The Labute approximate surface area is 116 Å². The Hall–Kier alpha value is -1.08. The third-order valence-corrected chi connectivity index (χ3v) is 3.85. The second kappa shape index (κ2) is 5.04. The molecule has 1 aromatic rings. The van der Waals surface area contributed by atoms with Gasteiger partial charge in [0.2, 0.25) is 6.43 Å². The van der Waals surface area contributed by atoms with Crippen molar-refractivity contribution in [2.75, 3.05) is 0 Å². The molecule has 1 fully saturated rings. The summed E-state index contributed by atoms with van der Waals surface area (Å²) in [5.74, 6) is -0.786. The van der Waals surface area contributed by atoms with E-state index in [0.717, 1.165) is 0 Å². The fourth-order valence-electron chi connectivity index (χ4n) is 1.94. The fraction of sp³-hybridized carbons (Fsp3) is 0.615. The summed E-state index contributed by atoms with van der Waals surface area (Å²) in [6, 6.07) is 1.25. The molecule has 2 heterocycles. The summed E-state index contributed by atoms with van der Waals surface area (Å²) in [5.41, 5.74) is -1.43. The molecule has 0 spiro atoms. The molecule has 2 rings (SSSR count). The van der Waals surface area contributed by atoms with E-state index in [1.54, 1.807) is 0 Å². The molecule has 1 aromatic heterocycles. The minimum absolute atomic E-state index is 0.0817. The van der Waals surface area contributed by atoms with E-state index in [4.69, 9.17) is 9.31 Å². The average molecular weight is 287 g/mol. The highest BCUT2D eigenvalue weighted by atomic mass is 19.3. The van der Waals surface area contributed by atoms with E-state index < -0.39 is 37.0 Å². The molecule has 110 valence electrons. The molecular weight excluding hydrogens is 270 g/mol. The lowest BCUT2D eigenvalue weighted by molar-refractivity contribution is 0.00578. The first-order valence-electron chi connectivity index (χ1n) is 6.41. The largest absolute Gasteiger partial charge is 0.517 e. The SMILES string of the molecule is CC1(C)OB(c2nccc(CC(F)F)c2F)OC1(C)C. The van der Waals surface area contributed by atoms with Crippen LogP contribution in [0.2, 0.25) is 0 Å². The van der Waals surface area contributed by atoms with Gasteiger partial charge in [-0.15, -0.1) is 0 Å². The maximum absolute atomic E-state index is 14.2. The van der Waals surface area contributed by atoms with E-state index in [2.05, 4.69) is 4.98 Å². The summed E-state index contributed by atoms with van der Waals surface area (Å²) < 4.78 is 50.4. The van der Waals surface area contributed by atoms with Gasteiger partial charge in [0.05, 0.1) is 11.2 Å². The van der Waals surface area contributed by atoms with Crippen molar-refractivity contribution in [3.05, 3.63) is 23.6 Å². The number of rotatable bonds is 3. The molecule has 7 heteroatoms. The molecular formula is C13H17BF3NO2. The molecule has 0 N–H and O–H groups in total. The van der Waals surface area contributed by atoms with Crippen molar-refractivity contribution in [1.29, 1.82) is 0 Å². The number of hydrogen-bond donors (Lipinski definition) is 0. The van der Waals surface area contributed by atoms with Crippen molar-refractivity contribution >= 4 is 12.7 Å². The van der Waals surface area contributed by atoms with Crippen LogP contribution in [0.25, 0.3) is 0 Å². The van der Waals surface area contributed by atoms with Crippen LogP contribution in [-0.4, -0.2) is 29.7 Å².